The van der Waals surface area contributed by atoms with E-state index in [1.165, 1.54) is 0 Å². The van der Waals surface area contributed by atoms with E-state index in [9.17, 15) is 4.79 Å². The van der Waals surface area contributed by atoms with E-state index in [4.69, 9.17) is 11.6 Å². The maximum Gasteiger partial charge on any atom is 0.213 e. The molecule has 1 aliphatic rings. The van der Waals surface area contributed by atoms with Crippen molar-refractivity contribution in [3.8, 4) is 5.69 Å². The van der Waals surface area contributed by atoms with E-state index >= 15 is 0 Å². The van der Waals surface area contributed by atoms with Gasteiger partial charge in [0.1, 0.15) is 5.69 Å². The van der Waals surface area contributed by atoms with E-state index < -0.39 is 0 Å². The summed E-state index contributed by atoms with van der Waals surface area (Å²) in [6.45, 7) is 0.966. The Hall–Kier alpha value is -2.52. The lowest BCUT2D eigenvalue weighted by atomic mass is 10.1. The third-order valence-corrected chi connectivity index (χ3v) is 5.18. The first-order chi connectivity index (χ1) is 11.7. The predicted octanol–water partition coefficient (Wildman–Crippen LogP) is 4.55. The van der Waals surface area contributed by atoms with Gasteiger partial charge in [0, 0.05) is 34.2 Å². The van der Waals surface area contributed by atoms with Crippen LogP contribution in [0.25, 0.3) is 27.5 Å². The van der Waals surface area contributed by atoms with Crippen molar-refractivity contribution in [1.82, 2.24) is 9.13 Å². The SMILES string of the molecule is O=c1c(-n2ccc3cc(Cl)ccc32)c2n(c3ccccc13)CCC2. The van der Waals surface area contributed by atoms with Gasteiger partial charge in [-0.05, 0) is 49.2 Å². The lowest BCUT2D eigenvalue weighted by molar-refractivity contribution is 0.768. The highest BCUT2D eigenvalue weighted by atomic mass is 35.5. The van der Waals surface area contributed by atoms with Gasteiger partial charge in [-0.3, -0.25) is 4.79 Å². The fourth-order valence-electron chi connectivity index (χ4n) is 3.90. The lowest BCUT2D eigenvalue weighted by Gasteiger charge is -2.15. The Morgan fingerprint density at radius 2 is 1.88 bits per heavy atom. The molecule has 0 bridgehead atoms. The molecule has 0 amide bonds. The van der Waals surface area contributed by atoms with Crippen LogP contribution < -0.4 is 5.43 Å². The molecule has 0 saturated carbocycles. The van der Waals surface area contributed by atoms with Crippen molar-refractivity contribution < 1.29 is 0 Å². The first-order valence-electron chi connectivity index (χ1n) is 8.15. The molecule has 1 aliphatic heterocycles. The predicted molar refractivity (Wildman–Crippen MR) is 98.4 cm³/mol. The van der Waals surface area contributed by atoms with Crippen molar-refractivity contribution in [2.45, 2.75) is 19.4 Å². The summed E-state index contributed by atoms with van der Waals surface area (Å²) in [4.78, 5) is 13.2. The van der Waals surface area contributed by atoms with Crippen LogP contribution in [0.3, 0.4) is 0 Å². The van der Waals surface area contributed by atoms with Crippen molar-refractivity contribution in [3.05, 3.63) is 75.7 Å². The number of nitrogens with zero attached hydrogens (tertiary/aromatic N) is 2. The van der Waals surface area contributed by atoms with Crippen molar-refractivity contribution in [2.24, 2.45) is 0 Å². The van der Waals surface area contributed by atoms with Crippen LogP contribution in [-0.2, 0) is 13.0 Å². The monoisotopic (exact) mass is 334 g/mol. The van der Waals surface area contributed by atoms with Crippen LogP contribution in [0.4, 0.5) is 0 Å². The Labute approximate surface area is 143 Å². The number of hydrogen-bond acceptors (Lipinski definition) is 1. The van der Waals surface area contributed by atoms with Gasteiger partial charge in [0.2, 0.25) is 5.43 Å². The highest BCUT2D eigenvalue weighted by Crippen LogP contribution is 2.29. The Kier molecular flexibility index (Phi) is 2.88. The minimum Gasteiger partial charge on any atom is -0.342 e. The van der Waals surface area contributed by atoms with E-state index in [0.29, 0.717) is 5.02 Å². The maximum absolute atomic E-state index is 13.2. The highest BCUT2D eigenvalue weighted by molar-refractivity contribution is 6.31. The number of aromatic nitrogens is 2. The summed E-state index contributed by atoms with van der Waals surface area (Å²) in [6, 6.07) is 15.7. The number of hydrogen-bond donors (Lipinski definition) is 0. The molecule has 4 heteroatoms. The number of pyridine rings is 1. The van der Waals surface area contributed by atoms with Gasteiger partial charge in [0.25, 0.3) is 0 Å². The zero-order chi connectivity index (χ0) is 16.3. The van der Waals surface area contributed by atoms with Crippen LogP contribution in [0.15, 0.2) is 59.5 Å². The quantitative estimate of drug-likeness (QED) is 0.502. The van der Waals surface area contributed by atoms with Crippen molar-refractivity contribution >= 4 is 33.4 Å². The van der Waals surface area contributed by atoms with Gasteiger partial charge >= 0.3 is 0 Å². The van der Waals surface area contributed by atoms with Crippen LogP contribution >= 0.6 is 11.6 Å². The number of rotatable bonds is 1. The van der Waals surface area contributed by atoms with Gasteiger partial charge in [-0.15, -0.1) is 0 Å². The van der Waals surface area contributed by atoms with Gasteiger partial charge in [-0.25, -0.2) is 0 Å². The fourth-order valence-corrected chi connectivity index (χ4v) is 4.08. The summed E-state index contributed by atoms with van der Waals surface area (Å²) < 4.78 is 4.32. The van der Waals surface area contributed by atoms with Crippen LogP contribution in [0.1, 0.15) is 12.1 Å². The molecule has 24 heavy (non-hydrogen) atoms. The smallest absolute Gasteiger partial charge is 0.213 e. The molecule has 0 aliphatic carbocycles. The molecule has 4 aromatic rings. The highest BCUT2D eigenvalue weighted by Gasteiger charge is 2.22. The Morgan fingerprint density at radius 1 is 1.00 bits per heavy atom. The van der Waals surface area contributed by atoms with Gasteiger partial charge in [-0.1, -0.05) is 23.7 Å². The molecule has 118 valence electrons. The zero-order valence-corrected chi connectivity index (χ0v) is 13.8. The molecule has 2 aromatic carbocycles. The second-order valence-corrected chi connectivity index (χ2v) is 6.72. The first-order valence-corrected chi connectivity index (χ1v) is 8.53. The van der Waals surface area contributed by atoms with Gasteiger partial charge in [0.05, 0.1) is 11.0 Å². The summed E-state index contributed by atoms with van der Waals surface area (Å²) in [6.07, 6.45) is 3.99. The molecule has 2 aromatic heterocycles. The average molecular weight is 335 g/mol. The Balaban J connectivity index is 1.93. The van der Waals surface area contributed by atoms with E-state index in [0.717, 1.165) is 52.6 Å². The Morgan fingerprint density at radius 3 is 2.79 bits per heavy atom. The molecule has 5 rings (SSSR count). The third-order valence-electron chi connectivity index (χ3n) is 4.94. The van der Waals surface area contributed by atoms with Crippen LogP contribution in [-0.4, -0.2) is 9.13 Å². The van der Waals surface area contributed by atoms with E-state index in [-0.39, 0.29) is 5.43 Å². The summed E-state index contributed by atoms with van der Waals surface area (Å²) in [7, 11) is 0. The van der Waals surface area contributed by atoms with Crippen molar-refractivity contribution in [2.75, 3.05) is 0 Å². The van der Waals surface area contributed by atoms with Crippen molar-refractivity contribution in [1.29, 1.82) is 0 Å². The molecule has 0 unspecified atom stereocenters. The zero-order valence-electron chi connectivity index (χ0n) is 13.0. The molecule has 3 heterocycles. The fraction of sp³-hybridized carbons (Fsp3) is 0.150. The summed E-state index contributed by atoms with van der Waals surface area (Å²) in [5.41, 5.74) is 4.07. The van der Waals surface area contributed by atoms with E-state index in [1.807, 2.05) is 59.3 Å². The maximum atomic E-state index is 13.2. The first kappa shape index (κ1) is 13.9. The molecular formula is C20H15ClN2O. The Bertz CT molecular complexity index is 1170. The minimum atomic E-state index is 0.103. The second-order valence-electron chi connectivity index (χ2n) is 6.29. The molecular weight excluding hydrogens is 320 g/mol. The van der Waals surface area contributed by atoms with Crippen LogP contribution in [0.2, 0.25) is 5.02 Å². The minimum absolute atomic E-state index is 0.103. The van der Waals surface area contributed by atoms with E-state index in [2.05, 4.69) is 4.57 Å². The second kappa shape index (κ2) is 4.99. The topological polar surface area (TPSA) is 26.9 Å². The molecule has 0 fully saturated rings. The van der Waals surface area contributed by atoms with Gasteiger partial charge in [0.15, 0.2) is 0 Å². The molecule has 0 radical (unpaired) electrons. The van der Waals surface area contributed by atoms with Crippen LogP contribution in [0.5, 0.6) is 0 Å². The molecule has 0 N–H and O–H groups in total. The molecule has 0 atom stereocenters. The van der Waals surface area contributed by atoms with Gasteiger partial charge < -0.3 is 9.13 Å². The van der Waals surface area contributed by atoms with E-state index in [1.54, 1.807) is 0 Å². The van der Waals surface area contributed by atoms with Crippen molar-refractivity contribution in [3.63, 3.8) is 0 Å². The number of halogens is 1. The third kappa shape index (κ3) is 1.82. The summed E-state index contributed by atoms with van der Waals surface area (Å²) in [5, 5.41) is 2.54. The van der Waals surface area contributed by atoms with Gasteiger partial charge in [-0.2, -0.15) is 0 Å². The number of para-hydroxylation sites is 1. The normalized spacial score (nSPS) is 13.7. The van der Waals surface area contributed by atoms with Crippen LogP contribution in [0, 0.1) is 0 Å². The summed E-state index contributed by atoms with van der Waals surface area (Å²) >= 11 is 6.10. The largest absolute Gasteiger partial charge is 0.342 e. The number of aryl methyl sites for hydroxylation is 1. The lowest BCUT2D eigenvalue weighted by Crippen LogP contribution is -2.18. The molecule has 3 nitrogen and oxygen atoms in total. The standard InChI is InChI=1S/C20H15ClN2O/c21-14-7-8-16-13(12-14)9-11-23(16)19-18-6-3-10-22(18)17-5-2-1-4-15(17)20(19)24/h1-2,4-5,7-9,11-12H,3,6,10H2. The number of fused-ring (bicyclic) bond motifs is 4. The number of benzene rings is 2. The average Bonchev–Trinajstić information content (AvgIpc) is 3.22. The molecule has 0 spiro atoms. The molecule has 0 saturated heterocycles. The summed E-state index contributed by atoms with van der Waals surface area (Å²) in [5.74, 6) is 0.